The van der Waals surface area contributed by atoms with Gasteiger partial charge in [0.25, 0.3) is 0 Å². The fourth-order valence-corrected chi connectivity index (χ4v) is 2.12. The van der Waals surface area contributed by atoms with Crippen molar-refractivity contribution < 1.29 is 4.79 Å². The summed E-state index contributed by atoms with van der Waals surface area (Å²) in [6, 6.07) is 15.7. The van der Waals surface area contributed by atoms with Crippen molar-refractivity contribution in [2.75, 3.05) is 11.9 Å². The van der Waals surface area contributed by atoms with E-state index >= 15 is 0 Å². The van der Waals surface area contributed by atoms with Crippen LogP contribution in [-0.2, 0) is 11.3 Å². The molecule has 20 heavy (non-hydrogen) atoms. The van der Waals surface area contributed by atoms with E-state index in [2.05, 4.69) is 45.6 Å². The lowest BCUT2D eigenvalue weighted by Crippen LogP contribution is -2.27. The number of nitrogens with one attached hydrogen (secondary N) is 2. The largest absolute Gasteiger partial charge is 0.325 e. The molecule has 0 fully saturated rings. The van der Waals surface area contributed by atoms with Gasteiger partial charge in [-0.2, -0.15) is 0 Å². The third-order valence-corrected chi connectivity index (χ3v) is 3.52. The molecule has 2 N–H and O–H groups in total. The van der Waals surface area contributed by atoms with Crippen molar-refractivity contribution in [1.29, 1.82) is 0 Å². The minimum absolute atomic E-state index is 0.0408. The fraction of sp³-hybridized carbons (Fsp3) is 0.188. The van der Waals surface area contributed by atoms with Crippen LogP contribution in [0.15, 0.2) is 53.0 Å². The molecule has 1 amide bonds. The Hall–Kier alpha value is -1.65. The lowest BCUT2D eigenvalue weighted by Gasteiger charge is -2.08. The van der Waals surface area contributed by atoms with E-state index in [1.807, 2.05) is 36.4 Å². The minimum atomic E-state index is -0.0408. The summed E-state index contributed by atoms with van der Waals surface area (Å²) in [4.78, 5) is 11.8. The second-order valence-corrected chi connectivity index (χ2v) is 5.50. The monoisotopic (exact) mass is 332 g/mol. The van der Waals surface area contributed by atoms with Crippen molar-refractivity contribution in [2.45, 2.75) is 13.5 Å². The minimum Gasteiger partial charge on any atom is -0.325 e. The molecular formula is C16H17BrN2O. The summed E-state index contributed by atoms with van der Waals surface area (Å²) in [6.45, 7) is 3.06. The van der Waals surface area contributed by atoms with E-state index < -0.39 is 0 Å². The van der Waals surface area contributed by atoms with Gasteiger partial charge in [0.2, 0.25) is 5.91 Å². The summed E-state index contributed by atoms with van der Waals surface area (Å²) in [5.41, 5.74) is 3.24. The molecule has 0 aliphatic rings. The Balaban J connectivity index is 1.78. The maximum Gasteiger partial charge on any atom is 0.238 e. The lowest BCUT2D eigenvalue weighted by atomic mass is 10.1. The Labute approximate surface area is 127 Å². The molecule has 0 heterocycles. The number of anilines is 1. The lowest BCUT2D eigenvalue weighted by molar-refractivity contribution is -0.115. The van der Waals surface area contributed by atoms with Gasteiger partial charge in [0, 0.05) is 16.7 Å². The average Bonchev–Trinajstić information content (AvgIpc) is 2.43. The van der Waals surface area contributed by atoms with Crippen LogP contribution in [0.4, 0.5) is 5.69 Å². The molecule has 104 valence electrons. The van der Waals surface area contributed by atoms with Crippen LogP contribution in [0.5, 0.6) is 0 Å². The Morgan fingerprint density at radius 1 is 1.10 bits per heavy atom. The number of carbonyl (C=O) groups is 1. The molecule has 0 unspecified atom stereocenters. The van der Waals surface area contributed by atoms with Gasteiger partial charge in [-0.25, -0.2) is 0 Å². The maximum atomic E-state index is 11.8. The molecule has 2 aromatic rings. The first-order valence-electron chi connectivity index (χ1n) is 6.46. The van der Waals surface area contributed by atoms with Crippen LogP contribution in [0.2, 0.25) is 0 Å². The quantitative estimate of drug-likeness (QED) is 0.879. The van der Waals surface area contributed by atoms with Crippen molar-refractivity contribution in [3.05, 3.63) is 64.1 Å². The van der Waals surface area contributed by atoms with Crippen molar-refractivity contribution in [3.63, 3.8) is 0 Å². The van der Waals surface area contributed by atoms with Gasteiger partial charge in [0.15, 0.2) is 0 Å². The standard InChI is InChI=1S/C16H17BrN2O/c1-12-4-2-3-5-13(12)10-18-11-16(20)19-15-8-6-14(17)7-9-15/h2-9,18H,10-11H2,1H3,(H,19,20). The van der Waals surface area contributed by atoms with Gasteiger partial charge in [-0.1, -0.05) is 40.2 Å². The third kappa shape index (κ3) is 4.47. The van der Waals surface area contributed by atoms with Crippen molar-refractivity contribution in [3.8, 4) is 0 Å². The molecule has 0 aliphatic carbocycles. The summed E-state index contributed by atoms with van der Waals surface area (Å²) >= 11 is 3.36. The summed E-state index contributed by atoms with van der Waals surface area (Å²) in [6.07, 6.45) is 0. The van der Waals surface area contributed by atoms with E-state index in [9.17, 15) is 4.79 Å². The van der Waals surface area contributed by atoms with Crippen LogP contribution >= 0.6 is 15.9 Å². The molecule has 4 heteroatoms. The van der Waals surface area contributed by atoms with E-state index in [1.165, 1.54) is 11.1 Å². The molecule has 0 spiro atoms. The van der Waals surface area contributed by atoms with Gasteiger partial charge >= 0.3 is 0 Å². The normalized spacial score (nSPS) is 10.3. The van der Waals surface area contributed by atoms with Crippen LogP contribution in [-0.4, -0.2) is 12.5 Å². The number of benzene rings is 2. The number of carbonyl (C=O) groups excluding carboxylic acids is 1. The number of amides is 1. The molecule has 0 radical (unpaired) electrons. The summed E-state index contributed by atoms with van der Waals surface area (Å²) < 4.78 is 0.994. The Kier molecular flexibility index (Phi) is 5.32. The highest BCUT2D eigenvalue weighted by Gasteiger charge is 2.02. The molecule has 2 rings (SSSR count). The van der Waals surface area contributed by atoms with Crippen molar-refractivity contribution in [2.24, 2.45) is 0 Å². The highest BCUT2D eigenvalue weighted by atomic mass is 79.9. The fourth-order valence-electron chi connectivity index (χ4n) is 1.86. The van der Waals surface area contributed by atoms with E-state index in [-0.39, 0.29) is 5.91 Å². The first-order valence-corrected chi connectivity index (χ1v) is 7.25. The molecule has 0 saturated carbocycles. The van der Waals surface area contributed by atoms with Crippen LogP contribution in [0, 0.1) is 6.92 Å². The SMILES string of the molecule is Cc1ccccc1CNCC(=O)Nc1ccc(Br)cc1. The number of aryl methyl sites for hydroxylation is 1. The first-order chi connectivity index (χ1) is 9.65. The van der Waals surface area contributed by atoms with Crippen LogP contribution < -0.4 is 10.6 Å². The van der Waals surface area contributed by atoms with Gasteiger partial charge < -0.3 is 10.6 Å². The van der Waals surface area contributed by atoms with E-state index in [0.717, 1.165) is 10.2 Å². The number of rotatable bonds is 5. The van der Waals surface area contributed by atoms with Gasteiger partial charge in [0.05, 0.1) is 6.54 Å². The topological polar surface area (TPSA) is 41.1 Å². The van der Waals surface area contributed by atoms with Gasteiger partial charge in [-0.3, -0.25) is 4.79 Å². The zero-order valence-corrected chi connectivity index (χ0v) is 12.9. The van der Waals surface area contributed by atoms with Gasteiger partial charge in [-0.05, 0) is 42.3 Å². The van der Waals surface area contributed by atoms with Crippen molar-refractivity contribution in [1.82, 2.24) is 5.32 Å². The predicted molar refractivity (Wildman–Crippen MR) is 85.7 cm³/mol. The van der Waals surface area contributed by atoms with Crippen LogP contribution in [0.3, 0.4) is 0 Å². The van der Waals surface area contributed by atoms with E-state index in [1.54, 1.807) is 0 Å². The van der Waals surface area contributed by atoms with Crippen LogP contribution in [0.25, 0.3) is 0 Å². The highest BCUT2D eigenvalue weighted by Crippen LogP contribution is 2.13. The molecule has 0 saturated heterocycles. The Bertz CT molecular complexity index is 581. The zero-order valence-electron chi connectivity index (χ0n) is 11.3. The maximum absolute atomic E-state index is 11.8. The molecule has 2 aromatic carbocycles. The molecule has 0 bridgehead atoms. The predicted octanol–water partition coefficient (Wildman–Crippen LogP) is 3.49. The van der Waals surface area contributed by atoms with E-state index in [0.29, 0.717) is 13.1 Å². The van der Waals surface area contributed by atoms with Gasteiger partial charge in [0.1, 0.15) is 0 Å². The smallest absolute Gasteiger partial charge is 0.238 e. The molecule has 0 aromatic heterocycles. The number of hydrogen-bond donors (Lipinski definition) is 2. The average molecular weight is 333 g/mol. The van der Waals surface area contributed by atoms with E-state index in [4.69, 9.17) is 0 Å². The molecular weight excluding hydrogens is 316 g/mol. The summed E-state index contributed by atoms with van der Waals surface area (Å²) in [7, 11) is 0. The van der Waals surface area contributed by atoms with Crippen molar-refractivity contribution >= 4 is 27.5 Å². The van der Waals surface area contributed by atoms with Gasteiger partial charge in [-0.15, -0.1) is 0 Å². The Morgan fingerprint density at radius 3 is 2.50 bits per heavy atom. The Morgan fingerprint density at radius 2 is 1.80 bits per heavy atom. The second kappa shape index (κ2) is 7.22. The zero-order chi connectivity index (χ0) is 14.4. The first kappa shape index (κ1) is 14.8. The third-order valence-electron chi connectivity index (χ3n) is 2.99. The van der Waals surface area contributed by atoms with Crippen LogP contribution in [0.1, 0.15) is 11.1 Å². The summed E-state index contributed by atoms with van der Waals surface area (Å²) in [5.74, 6) is -0.0408. The number of halogens is 1. The summed E-state index contributed by atoms with van der Waals surface area (Å²) in [5, 5.41) is 6.00. The molecule has 0 aliphatic heterocycles. The number of hydrogen-bond acceptors (Lipinski definition) is 2. The highest BCUT2D eigenvalue weighted by molar-refractivity contribution is 9.10. The molecule has 0 atom stereocenters. The molecule has 3 nitrogen and oxygen atoms in total. The second-order valence-electron chi connectivity index (χ2n) is 4.59.